The van der Waals surface area contributed by atoms with Crippen molar-refractivity contribution in [3.05, 3.63) is 61.2 Å². The minimum atomic E-state index is -0.210. The molecular formula is C16H11Br2ClOS. The highest BCUT2D eigenvalue weighted by atomic mass is 79.9. The molecule has 0 saturated heterocycles. The van der Waals surface area contributed by atoms with Gasteiger partial charge in [0, 0.05) is 10.9 Å². The molecule has 5 heteroatoms. The molecular weight excluding hydrogens is 436 g/mol. The number of hydrogen-bond acceptors (Lipinski definition) is 2. The number of thiophene rings is 1. The van der Waals surface area contributed by atoms with Crippen LogP contribution in [-0.4, -0.2) is 7.11 Å². The summed E-state index contributed by atoms with van der Waals surface area (Å²) < 4.78 is 7.55. The minimum Gasteiger partial charge on any atom is -0.496 e. The highest BCUT2D eigenvalue weighted by molar-refractivity contribution is 9.12. The number of methoxy groups -OCH3 is 1. The second-order valence-electron chi connectivity index (χ2n) is 4.54. The van der Waals surface area contributed by atoms with E-state index in [-0.39, 0.29) is 5.38 Å². The zero-order chi connectivity index (χ0) is 15.0. The van der Waals surface area contributed by atoms with Gasteiger partial charge < -0.3 is 4.74 Å². The quantitative estimate of drug-likeness (QED) is 0.404. The van der Waals surface area contributed by atoms with E-state index < -0.39 is 0 Å². The Hall–Kier alpha value is -0.550. The Morgan fingerprint density at radius 3 is 2.38 bits per heavy atom. The number of ether oxygens (including phenoxy) is 1. The van der Waals surface area contributed by atoms with Gasteiger partial charge in [-0.2, -0.15) is 0 Å². The summed E-state index contributed by atoms with van der Waals surface area (Å²) in [7, 11) is 1.69. The van der Waals surface area contributed by atoms with Crippen molar-refractivity contribution >= 4 is 65.6 Å². The van der Waals surface area contributed by atoms with Crippen molar-refractivity contribution in [3.63, 3.8) is 0 Å². The molecule has 0 bridgehead atoms. The molecule has 0 aliphatic heterocycles. The molecule has 0 radical (unpaired) electrons. The van der Waals surface area contributed by atoms with Gasteiger partial charge in [0.15, 0.2) is 0 Å². The number of rotatable bonds is 3. The first-order valence-corrected chi connectivity index (χ1v) is 9.10. The first-order chi connectivity index (χ1) is 10.1. The lowest BCUT2D eigenvalue weighted by molar-refractivity contribution is 0.419. The number of halogens is 3. The number of fused-ring (bicyclic) bond motifs is 1. The van der Waals surface area contributed by atoms with Crippen LogP contribution in [0.2, 0.25) is 0 Å². The summed E-state index contributed by atoms with van der Waals surface area (Å²) in [6, 6.07) is 14.2. The van der Waals surface area contributed by atoms with E-state index in [1.54, 1.807) is 18.4 Å². The zero-order valence-corrected chi connectivity index (χ0v) is 15.8. The standard InChI is InChI=1S/C16H11Br2ClOS/c1-20-13-7-6-11(9-4-2-3-5-10(9)13)15(19)12-8-14(17)21-16(12)18/h2-8,15H,1H3. The molecule has 1 unspecified atom stereocenters. The molecule has 3 rings (SSSR count). The van der Waals surface area contributed by atoms with Crippen molar-refractivity contribution in [1.82, 2.24) is 0 Å². The lowest BCUT2D eigenvalue weighted by atomic mass is 9.98. The minimum absolute atomic E-state index is 0.210. The average molecular weight is 447 g/mol. The van der Waals surface area contributed by atoms with Gasteiger partial charge in [-0.05, 0) is 54.9 Å². The molecule has 21 heavy (non-hydrogen) atoms. The van der Waals surface area contributed by atoms with Gasteiger partial charge in [-0.25, -0.2) is 0 Å². The van der Waals surface area contributed by atoms with Gasteiger partial charge in [0.1, 0.15) is 5.75 Å². The molecule has 0 aliphatic rings. The maximum Gasteiger partial charge on any atom is 0.126 e. The Kier molecular flexibility index (Phi) is 4.60. The molecule has 0 amide bonds. The Morgan fingerprint density at radius 2 is 1.76 bits per heavy atom. The molecule has 0 fully saturated rings. The van der Waals surface area contributed by atoms with E-state index in [2.05, 4.69) is 50.1 Å². The third-order valence-electron chi connectivity index (χ3n) is 3.37. The third-order valence-corrected chi connectivity index (χ3v) is 6.22. The van der Waals surface area contributed by atoms with Crippen molar-refractivity contribution in [2.75, 3.05) is 7.11 Å². The van der Waals surface area contributed by atoms with Crippen LogP contribution in [0.1, 0.15) is 16.5 Å². The van der Waals surface area contributed by atoms with Crippen LogP contribution < -0.4 is 4.74 Å². The van der Waals surface area contributed by atoms with E-state index in [1.165, 1.54) is 0 Å². The van der Waals surface area contributed by atoms with E-state index in [4.69, 9.17) is 16.3 Å². The molecule has 1 heterocycles. The van der Waals surface area contributed by atoms with Crippen LogP contribution >= 0.6 is 54.8 Å². The van der Waals surface area contributed by atoms with E-state index >= 15 is 0 Å². The van der Waals surface area contributed by atoms with Crippen LogP contribution in [0.15, 0.2) is 50.0 Å². The molecule has 0 saturated carbocycles. The Balaban J connectivity index is 2.19. The number of benzene rings is 2. The van der Waals surface area contributed by atoms with Crippen molar-refractivity contribution in [2.24, 2.45) is 0 Å². The predicted molar refractivity (Wildman–Crippen MR) is 97.9 cm³/mol. The third kappa shape index (κ3) is 2.87. The first kappa shape index (κ1) is 15.3. The molecule has 1 aromatic heterocycles. The van der Waals surface area contributed by atoms with Crippen molar-refractivity contribution in [1.29, 1.82) is 0 Å². The molecule has 2 aromatic carbocycles. The van der Waals surface area contributed by atoms with Crippen molar-refractivity contribution in [3.8, 4) is 5.75 Å². The molecule has 1 atom stereocenters. The van der Waals surface area contributed by atoms with Gasteiger partial charge in [0.2, 0.25) is 0 Å². The van der Waals surface area contributed by atoms with Gasteiger partial charge in [0.05, 0.1) is 20.1 Å². The monoisotopic (exact) mass is 444 g/mol. The SMILES string of the molecule is COc1ccc(C(Cl)c2cc(Br)sc2Br)c2ccccc12. The van der Waals surface area contributed by atoms with Crippen molar-refractivity contribution in [2.45, 2.75) is 5.38 Å². The maximum absolute atomic E-state index is 6.74. The highest BCUT2D eigenvalue weighted by Gasteiger charge is 2.19. The summed E-state index contributed by atoms with van der Waals surface area (Å²) >= 11 is 15.5. The molecule has 3 aromatic rings. The smallest absolute Gasteiger partial charge is 0.126 e. The average Bonchev–Trinajstić information content (AvgIpc) is 2.84. The van der Waals surface area contributed by atoms with Crippen LogP contribution in [-0.2, 0) is 0 Å². The lowest BCUT2D eigenvalue weighted by Gasteiger charge is -2.14. The Morgan fingerprint density at radius 1 is 1.05 bits per heavy atom. The highest BCUT2D eigenvalue weighted by Crippen LogP contribution is 2.43. The van der Waals surface area contributed by atoms with Gasteiger partial charge in [-0.1, -0.05) is 30.3 Å². The van der Waals surface area contributed by atoms with Crippen molar-refractivity contribution < 1.29 is 4.74 Å². The number of hydrogen-bond donors (Lipinski definition) is 0. The van der Waals surface area contributed by atoms with E-state index in [9.17, 15) is 0 Å². The summed E-state index contributed by atoms with van der Waals surface area (Å²) in [6.07, 6.45) is 0. The molecule has 0 aliphatic carbocycles. The van der Waals surface area contributed by atoms with Gasteiger partial charge in [-0.15, -0.1) is 22.9 Å². The van der Waals surface area contributed by atoms with E-state index in [0.29, 0.717) is 0 Å². The van der Waals surface area contributed by atoms with Gasteiger partial charge in [0.25, 0.3) is 0 Å². The van der Waals surface area contributed by atoms with Crippen LogP contribution in [0.4, 0.5) is 0 Å². The molecule has 108 valence electrons. The Labute approximate surface area is 149 Å². The van der Waals surface area contributed by atoms with Crippen LogP contribution in [0.25, 0.3) is 10.8 Å². The summed E-state index contributed by atoms with van der Waals surface area (Å²) in [4.78, 5) is 0. The largest absolute Gasteiger partial charge is 0.496 e. The second kappa shape index (κ2) is 6.29. The zero-order valence-electron chi connectivity index (χ0n) is 11.1. The Bertz CT molecular complexity index is 800. The summed E-state index contributed by atoms with van der Waals surface area (Å²) in [5.74, 6) is 0.865. The normalized spacial score (nSPS) is 12.6. The van der Waals surface area contributed by atoms with Crippen LogP contribution in [0.3, 0.4) is 0 Å². The lowest BCUT2D eigenvalue weighted by Crippen LogP contribution is -1.95. The molecule has 0 spiro atoms. The summed E-state index contributed by atoms with van der Waals surface area (Å²) in [5.41, 5.74) is 2.16. The summed E-state index contributed by atoms with van der Waals surface area (Å²) in [6.45, 7) is 0. The van der Waals surface area contributed by atoms with Gasteiger partial charge in [-0.3, -0.25) is 0 Å². The topological polar surface area (TPSA) is 9.23 Å². The fourth-order valence-corrected chi connectivity index (χ4v) is 5.85. The molecule has 0 N–H and O–H groups in total. The second-order valence-corrected chi connectivity index (χ2v) is 8.73. The summed E-state index contributed by atoms with van der Waals surface area (Å²) in [5, 5.41) is 1.98. The molecule has 1 nitrogen and oxygen atoms in total. The fourth-order valence-electron chi connectivity index (χ4n) is 2.39. The van der Waals surface area contributed by atoms with E-state index in [0.717, 1.165) is 35.2 Å². The predicted octanol–water partition coefficient (Wildman–Crippen LogP) is 6.76. The van der Waals surface area contributed by atoms with Crippen LogP contribution in [0, 0.1) is 0 Å². The van der Waals surface area contributed by atoms with Crippen LogP contribution in [0.5, 0.6) is 5.75 Å². The fraction of sp³-hybridized carbons (Fsp3) is 0.125. The number of alkyl halides is 1. The first-order valence-electron chi connectivity index (χ1n) is 6.26. The van der Waals surface area contributed by atoms with Gasteiger partial charge >= 0.3 is 0 Å². The van der Waals surface area contributed by atoms with E-state index in [1.807, 2.05) is 24.3 Å². The maximum atomic E-state index is 6.74.